The zero-order chi connectivity index (χ0) is 19.4. The van der Waals surface area contributed by atoms with Crippen LogP contribution in [0, 0.1) is 6.92 Å². The lowest BCUT2D eigenvalue weighted by atomic mass is 10.0. The zero-order valence-corrected chi connectivity index (χ0v) is 15.5. The van der Waals surface area contributed by atoms with Crippen molar-refractivity contribution in [1.82, 2.24) is 14.9 Å². The van der Waals surface area contributed by atoms with E-state index in [0.29, 0.717) is 12.4 Å². The molecule has 1 aliphatic rings. The normalized spacial score (nSPS) is 17.0. The highest BCUT2D eigenvalue weighted by Crippen LogP contribution is 2.30. The average molecular weight is 369 g/mol. The van der Waals surface area contributed by atoms with E-state index in [1.807, 2.05) is 13.0 Å². The van der Waals surface area contributed by atoms with Gasteiger partial charge in [0, 0.05) is 24.9 Å². The van der Waals surface area contributed by atoms with E-state index < -0.39 is 5.97 Å². The summed E-state index contributed by atoms with van der Waals surface area (Å²) in [6.45, 7) is 2.61. The smallest absolute Gasteiger partial charge is 0.335 e. The third-order valence-corrected chi connectivity index (χ3v) is 4.69. The number of likely N-dealkylation sites (tertiary alicyclic amines) is 1. The highest BCUT2D eigenvalue weighted by molar-refractivity contribution is 5.88. The van der Waals surface area contributed by atoms with Crippen molar-refractivity contribution < 1.29 is 19.4 Å². The van der Waals surface area contributed by atoms with Crippen LogP contribution in [0.15, 0.2) is 30.3 Å². The van der Waals surface area contributed by atoms with Crippen LogP contribution >= 0.6 is 0 Å². The molecule has 1 fully saturated rings. The second-order valence-electron chi connectivity index (χ2n) is 6.67. The van der Waals surface area contributed by atoms with Crippen molar-refractivity contribution in [3.63, 3.8) is 0 Å². The number of ether oxygens (including phenoxy) is 1. The Hall–Kier alpha value is -2.80. The van der Waals surface area contributed by atoms with Crippen molar-refractivity contribution in [2.24, 2.45) is 0 Å². The first kappa shape index (κ1) is 19.0. The van der Waals surface area contributed by atoms with E-state index in [1.54, 1.807) is 29.2 Å². The lowest BCUT2D eigenvalue weighted by Gasteiger charge is -2.34. The number of rotatable bonds is 5. The fourth-order valence-electron chi connectivity index (χ4n) is 3.38. The van der Waals surface area contributed by atoms with E-state index in [1.165, 1.54) is 7.11 Å². The second-order valence-corrected chi connectivity index (χ2v) is 6.67. The maximum atomic E-state index is 12.4. The number of nitrogens with zero attached hydrogens (tertiary/aromatic N) is 3. The van der Waals surface area contributed by atoms with Crippen LogP contribution in [-0.4, -0.2) is 52.1 Å². The molecule has 2 aromatic rings. The number of amides is 1. The molecule has 142 valence electrons. The minimum atomic E-state index is -0.962. The summed E-state index contributed by atoms with van der Waals surface area (Å²) >= 11 is 0. The Labute approximate surface area is 158 Å². The van der Waals surface area contributed by atoms with Gasteiger partial charge in [-0.1, -0.05) is 12.1 Å². The number of aromatic nitrogens is 2. The van der Waals surface area contributed by atoms with E-state index in [0.717, 1.165) is 36.2 Å². The van der Waals surface area contributed by atoms with Gasteiger partial charge in [0.15, 0.2) is 5.82 Å². The Morgan fingerprint density at radius 3 is 2.63 bits per heavy atom. The molecule has 1 saturated heterocycles. The maximum Gasteiger partial charge on any atom is 0.335 e. The van der Waals surface area contributed by atoms with Crippen LogP contribution in [0.4, 0.5) is 0 Å². The number of aryl methyl sites for hydroxylation is 1. The molecule has 1 aromatic carbocycles. The van der Waals surface area contributed by atoms with Crippen molar-refractivity contribution in [2.45, 2.75) is 32.2 Å². The minimum Gasteiger partial charge on any atom is -0.478 e. The molecule has 0 unspecified atom stereocenters. The molecule has 0 bridgehead atoms. The number of methoxy groups -OCH3 is 1. The predicted molar refractivity (Wildman–Crippen MR) is 99.3 cm³/mol. The van der Waals surface area contributed by atoms with Crippen LogP contribution in [0.5, 0.6) is 0 Å². The Morgan fingerprint density at radius 2 is 1.96 bits per heavy atom. The van der Waals surface area contributed by atoms with Gasteiger partial charge in [0.25, 0.3) is 0 Å². The molecule has 2 heterocycles. The molecule has 27 heavy (non-hydrogen) atoms. The summed E-state index contributed by atoms with van der Waals surface area (Å²) in [6.07, 6.45) is 2.79. The monoisotopic (exact) mass is 369 g/mol. The first-order chi connectivity index (χ1) is 13.0. The molecular weight excluding hydrogens is 346 g/mol. The van der Waals surface area contributed by atoms with Gasteiger partial charge in [-0.05, 0) is 44.4 Å². The molecule has 1 amide bonds. The molecule has 0 spiro atoms. The predicted octanol–water partition coefficient (Wildman–Crippen LogP) is 2.85. The fraction of sp³-hybridized carbons (Fsp3) is 0.400. The van der Waals surface area contributed by atoms with Crippen LogP contribution in [0.3, 0.4) is 0 Å². The van der Waals surface area contributed by atoms with Crippen LogP contribution in [0.2, 0.25) is 0 Å². The molecule has 3 rings (SSSR count). The Kier molecular flexibility index (Phi) is 5.81. The van der Waals surface area contributed by atoms with E-state index >= 15 is 0 Å². The minimum absolute atomic E-state index is 0.0474. The summed E-state index contributed by atoms with van der Waals surface area (Å²) in [5.41, 5.74) is 2.58. The van der Waals surface area contributed by atoms with Gasteiger partial charge in [0.1, 0.15) is 6.61 Å². The van der Waals surface area contributed by atoms with Crippen LogP contribution in [0.25, 0.3) is 11.3 Å². The zero-order valence-electron chi connectivity index (χ0n) is 15.5. The highest BCUT2D eigenvalue weighted by atomic mass is 16.5. The first-order valence-electron chi connectivity index (χ1n) is 8.97. The Balaban J connectivity index is 1.94. The van der Waals surface area contributed by atoms with E-state index in [4.69, 9.17) is 14.8 Å². The third kappa shape index (κ3) is 4.31. The van der Waals surface area contributed by atoms with Crippen molar-refractivity contribution in [2.75, 3.05) is 20.3 Å². The summed E-state index contributed by atoms with van der Waals surface area (Å²) in [7, 11) is 1.51. The van der Waals surface area contributed by atoms with E-state index in [9.17, 15) is 9.59 Å². The fourth-order valence-corrected chi connectivity index (χ4v) is 3.38. The van der Waals surface area contributed by atoms with Crippen molar-refractivity contribution in [3.05, 3.63) is 47.4 Å². The summed E-state index contributed by atoms with van der Waals surface area (Å²) in [6, 6.07) is 8.29. The Morgan fingerprint density at radius 1 is 1.22 bits per heavy atom. The number of aromatic carboxylic acids is 1. The van der Waals surface area contributed by atoms with Crippen molar-refractivity contribution >= 4 is 11.9 Å². The number of hydrogen-bond donors (Lipinski definition) is 1. The van der Waals surface area contributed by atoms with Crippen LogP contribution in [0.1, 0.15) is 47.2 Å². The van der Waals surface area contributed by atoms with Crippen LogP contribution < -0.4 is 0 Å². The van der Waals surface area contributed by atoms with Gasteiger partial charge in [-0.15, -0.1) is 0 Å². The molecule has 1 aromatic heterocycles. The molecule has 0 saturated carbocycles. The third-order valence-electron chi connectivity index (χ3n) is 4.69. The molecular formula is C20H23N3O4. The molecule has 7 nitrogen and oxygen atoms in total. The maximum absolute atomic E-state index is 12.4. The number of carbonyl (C=O) groups excluding carboxylic acids is 1. The SMILES string of the molecule is COCC(=O)N1CCCC[C@@H]1c1nc(C)cc(-c2ccc(C(=O)O)cc2)n1. The Bertz CT molecular complexity index is 836. The van der Waals surface area contributed by atoms with Crippen LogP contribution in [-0.2, 0) is 9.53 Å². The molecule has 1 aliphatic heterocycles. The van der Waals surface area contributed by atoms with Gasteiger partial charge >= 0.3 is 5.97 Å². The van der Waals surface area contributed by atoms with Crippen molar-refractivity contribution in [3.8, 4) is 11.3 Å². The number of piperidine rings is 1. The average Bonchev–Trinajstić information content (AvgIpc) is 2.68. The number of hydrogen-bond acceptors (Lipinski definition) is 5. The number of carbonyl (C=O) groups is 2. The summed E-state index contributed by atoms with van der Waals surface area (Å²) in [5, 5.41) is 9.06. The highest BCUT2D eigenvalue weighted by Gasteiger charge is 2.30. The van der Waals surface area contributed by atoms with Gasteiger partial charge in [0.05, 0.1) is 17.3 Å². The quantitative estimate of drug-likeness (QED) is 0.871. The summed E-state index contributed by atoms with van der Waals surface area (Å²) < 4.78 is 5.01. The topological polar surface area (TPSA) is 92.6 Å². The number of benzene rings is 1. The first-order valence-corrected chi connectivity index (χ1v) is 8.97. The summed E-state index contributed by atoms with van der Waals surface area (Å²) in [4.78, 5) is 34.5. The lowest BCUT2D eigenvalue weighted by molar-refractivity contribution is -0.139. The van der Waals surface area contributed by atoms with Gasteiger partial charge in [-0.3, -0.25) is 4.79 Å². The summed E-state index contributed by atoms with van der Waals surface area (Å²) in [5.74, 6) is -0.397. The van der Waals surface area contributed by atoms with Gasteiger partial charge in [-0.2, -0.15) is 0 Å². The molecule has 1 N–H and O–H groups in total. The van der Waals surface area contributed by atoms with Crippen molar-refractivity contribution in [1.29, 1.82) is 0 Å². The number of carboxylic acids is 1. The number of carboxylic acid groups (broad SMARTS) is 1. The molecule has 1 atom stereocenters. The molecule has 0 aliphatic carbocycles. The van der Waals surface area contributed by atoms with E-state index in [-0.39, 0.29) is 24.1 Å². The largest absolute Gasteiger partial charge is 0.478 e. The second kappa shape index (κ2) is 8.26. The van der Waals surface area contributed by atoms with Gasteiger partial charge < -0.3 is 14.7 Å². The lowest BCUT2D eigenvalue weighted by Crippen LogP contribution is -2.41. The van der Waals surface area contributed by atoms with E-state index in [2.05, 4.69) is 4.98 Å². The van der Waals surface area contributed by atoms with Gasteiger partial charge in [-0.25, -0.2) is 14.8 Å². The molecule has 0 radical (unpaired) electrons. The standard InChI is InChI=1S/C20H23N3O4/c1-13-11-16(14-6-8-15(9-7-14)20(25)26)22-19(21-13)17-5-3-4-10-23(17)18(24)12-27-2/h6-9,11,17H,3-5,10,12H2,1-2H3,(H,25,26)/t17-/m1/s1. The molecule has 7 heteroatoms. The van der Waals surface area contributed by atoms with Gasteiger partial charge in [0.2, 0.25) is 5.91 Å².